The Balaban J connectivity index is 2.19. The number of amides is 1. The van der Waals surface area contributed by atoms with Gasteiger partial charge in [0.1, 0.15) is 5.75 Å². The van der Waals surface area contributed by atoms with Gasteiger partial charge in [-0.25, -0.2) is 0 Å². The standard InChI is InChI=1S/C16H18N2O2/c1-10-13-8-12(20)5-6-16(13)17-15-4-3-7-18(11(2)19)9-14(10)15/h5-6,8,20H,3-4,7,9H2,1-2H3. The average molecular weight is 270 g/mol. The lowest BCUT2D eigenvalue weighted by molar-refractivity contribution is -0.129. The van der Waals surface area contributed by atoms with Gasteiger partial charge in [0.15, 0.2) is 0 Å². The van der Waals surface area contributed by atoms with E-state index in [4.69, 9.17) is 4.98 Å². The first-order chi connectivity index (χ1) is 9.56. The van der Waals surface area contributed by atoms with E-state index in [2.05, 4.69) is 0 Å². The summed E-state index contributed by atoms with van der Waals surface area (Å²) in [6, 6.07) is 5.27. The van der Waals surface area contributed by atoms with Crippen LogP contribution in [-0.2, 0) is 17.8 Å². The lowest BCUT2D eigenvalue weighted by Crippen LogP contribution is -2.28. The van der Waals surface area contributed by atoms with Gasteiger partial charge in [0, 0.05) is 31.1 Å². The van der Waals surface area contributed by atoms with Crippen LogP contribution in [0, 0.1) is 6.92 Å². The molecule has 0 fully saturated rings. The molecule has 0 saturated heterocycles. The molecule has 4 heteroatoms. The van der Waals surface area contributed by atoms with Gasteiger partial charge in [-0.3, -0.25) is 9.78 Å². The highest BCUT2D eigenvalue weighted by atomic mass is 16.3. The van der Waals surface area contributed by atoms with E-state index in [1.54, 1.807) is 19.1 Å². The van der Waals surface area contributed by atoms with Crippen LogP contribution in [0.25, 0.3) is 10.9 Å². The lowest BCUT2D eigenvalue weighted by atomic mass is 10.00. The number of benzene rings is 1. The number of hydrogen-bond acceptors (Lipinski definition) is 3. The van der Waals surface area contributed by atoms with Crippen LogP contribution in [0.4, 0.5) is 0 Å². The van der Waals surface area contributed by atoms with Crippen molar-refractivity contribution in [1.82, 2.24) is 9.88 Å². The smallest absolute Gasteiger partial charge is 0.219 e. The van der Waals surface area contributed by atoms with Crippen molar-refractivity contribution < 1.29 is 9.90 Å². The molecule has 0 saturated carbocycles. The number of pyridine rings is 1. The van der Waals surface area contributed by atoms with Crippen molar-refractivity contribution in [3.8, 4) is 5.75 Å². The average Bonchev–Trinajstić information content (AvgIpc) is 2.62. The highest BCUT2D eigenvalue weighted by Gasteiger charge is 2.20. The predicted octanol–water partition coefficient (Wildman–Crippen LogP) is 2.54. The highest BCUT2D eigenvalue weighted by Crippen LogP contribution is 2.29. The van der Waals surface area contributed by atoms with Gasteiger partial charge in [-0.1, -0.05) is 0 Å². The van der Waals surface area contributed by atoms with Crippen LogP contribution < -0.4 is 0 Å². The molecule has 1 aromatic carbocycles. The summed E-state index contributed by atoms with van der Waals surface area (Å²) in [5.74, 6) is 0.354. The van der Waals surface area contributed by atoms with Crippen molar-refractivity contribution in [1.29, 1.82) is 0 Å². The summed E-state index contributed by atoms with van der Waals surface area (Å²) in [4.78, 5) is 18.2. The van der Waals surface area contributed by atoms with E-state index in [1.165, 1.54) is 0 Å². The first-order valence-electron chi connectivity index (χ1n) is 6.93. The third-order valence-electron chi connectivity index (χ3n) is 4.08. The highest BCUT2D eigenvalue weighted by molar-refractivity contribution is 5.85. The minimum Gasteiger partial charge on any atom is -0.508 e. The fourth-order valence-electron chi connectivity index (χ4n) is 2.91. The Bertz CT molecular complexity index is 694. The van der Waals surface area contributed by atoms with Gasteiger partial charge in [-0.05, 0) is 49.1 Å². The molecule has 3 rings (SSSR count). The Kier molecular flexibility index (Phi) is 3.08. The van der Waals surface area contributed by atoms with Crippen LogP contribution in [-0.4, -0.2) is 27.4 Å². The molecule has 1 aliphatic rings. The number of aryl methyl sites for hydroxylation is 2. The number of nitrogens with zero attached hydrogens (tertiary/aromatic N) is 2. The number of carbonyl (C=O) groups excluding carboxylic acids is 1. The molecule has 0 unspecified atom stereocenters. The molecule has 1 N–H and O–H groups in total. The molecule has 4 nitrogen and oxygen atoms in total. The van der Waals surface area contributed by atoms with Gasteiger partial charge < -0.3 is 10.0 Å². The predicted molar refractivity (Wildman–Crippen MR) is 77.6 cm³/mol. The second-order valence-electron chi connectivity index (χ2n) is 5.41. The zero-order chi connectivity index (χ0) is 14.3. The number of carbonyl (C=O) groups is 1. The third-order valence-corrected chi connectivity index (χ3v) is 4.08. The van der Waals surface area contributed by atoms with E-state index in [1.807, 2.05) is 17.9 Å². The van der Waals surface area contributed by atoms with E-state index in [0.717, 1.165) is 47.1 Å². The minimum atomic E-state index is 0.105. The lowest BCUT2D eigenvalue weighted by Gasteiger charge is -2.20. The number of aromatic nitrogens is 1. The Labute approximate surface area is 118 Å². The zero-order valence-corrected chi connectivity index (χ0v) is 11.8. The second kappa shape index (κ2) is 4.78. The Morgan fingerprint density at radius 3 is 2.95 bits per heavy atom. The van der Waals surface area contributed by atoms with Crippen LogP contribution in [0.2, 0.25) is 0 Å². The molecule has 1 aliphatic heterocycles. The summed E-state index contributed by atoms with van der Waals surface area (Å²) in [7, 11) is 0. The van der Waals surface area contributed by atoms with Gasteiger partial charge >= 0.3 is 0 Å². The van der Waals surface area contributed by atoms with E-state index < -0.39 is 0 Å². The van der Waals surface area contributed by atoms with Crippen molar-refractivity contribution in [3.63, 3.8) is 0 Å². The van der Waals surface area contributed by atoms with E-state index in [0.29, 0.717) is 6.54 Å². The minimum absolute atomic E-state index is 0.105. The largest absolute Gasteiger partial charge is 0.508 e. The monoisotopic (exact) mass is 270 g/mol. The molecule has 1 aromatic heterocycles. The van der Waals surface area contributed by atoms with Gasteiger partial charge in [-0.15, -0.1) is 0 Å². The molecule has 0 radical (unpaired) electrons. The summed E-state index contributed by atoms with van der Waals surface area (Å²) in [6.45, 7) is 5.06. The first kappa shape index (κ1) is 12.9. The number of rotatable bonds is 0. The molecular weight excluding hydrogens is 252 g/mol. The number of fused-ring (bicyclic) bond motifs is 2. The van der Waals surface area contributed by atoms with Crippen LogP contribution in [0.5, 0.6) is 5.75 Å². The van der Waals surface area contributed by atoms with Crippen molar-refractivity contribution in [2.75, 3.05) is 6.54 Å². The fourth-order valence-corrected chi connectivity index (χ4v) is 2.91. The Morgan fingerprint density at radius 1 is 1.40 bits per heavy atom. The summed E-state index contributed by atoms with van der Waals surface area (Å²) in [6.07, 6.45) is 1.85. The van der Waals surface area contributed by atoms with Crippen LogP contribution in [0.15, 0.2) is 18.2 Å². The second-order valence-corrected chi connectivity index (χ2v) is 5.41. The molecular formula is C16H18N2O2. The van der Waals surface area contributed by atoms with E-state index in [-0.39, 0.29) is 11.7 Å². The number of hydrogen-bond donors (Lipinski definition) is 1. The maximum absolute atomic E-state index is 11.7. The van der Waals surface area contributed by atoms with Gasteiger partial charge in [0.2, 0.25) is 5.91 Å². The fraction of sp³-hybridized carbons (Fsp3) is 0.375. The quantitative estimate of drug-likeness (QED) is 0.800. The van der Waals surface area contributed by atoms with Crippen LogP contribution >= 0.6 is 0 Å². The molecule has 20 heavy (non-hydrogen) atoms. The van der Waals surface area contributed by atoms with Crippen molar-refractivity contribution in [2.45, 2.75) is 33.2 Å². The molecule has 0 spiro atoms. The van der Waals surface area contributed by atoms with Crippen LogP contribution in [0.1, 0.15) is 30.2 Å². The summed E-state index contributed by atoms with van der Waals surface area (Å²) >= 11 is 0. The molecule has 0 atom stereocenters. The van der Waals surface area contributed by atoms with Crippen molar-refractivity contribution >= 4 is 16.8 Å². The molecule has 0 bridgehead atoms. The number of phenols is 1. The topological polar surface area (TPSA) is 53.4 Å². The SMILES string of the molecule is CC(=O)N1CCCc2nc3ccc(O)cc3c(C)c2C1. The molecule has 104 valence electrons. The third kappa shape index (κ3) is 2.11. The maximum Gasteiger partial charge on any atom is 0.219 e. The Hall–Kier alpha value is -2.10. The first-order valence-corrected chi connectivity index (χ1v) is 6.93. The summed E-state index contributed by atoms with van der Waals surface area (Å²) in [5, 5.41) is 10.6. The molecule has 0 aliphatic carbocycles. The van der Waals surface area contributed by atoms with Gasteiger partial charge in [-0.2, -0.15) is 0 Å². The normalized spacial score (nSPS) is 15.0. The molecule has 1 amide bonds. The molecule has 2 heterocycles. The van der Waals surface area contributed by atoms with Crippen molar-refractivity contribution in [2.24, 2.45) is 0 Å². The van der Waals surface area contributed by atoms with E-state index >= 15 is 0 Å². The van der Waals surface area contributed by atoms with E-state index in [9.17, 15) is 9.90 Å². The summed E-state index contributed by atoms with van der Waals surface area (Å²) in [5.41, 5.74) is 4.25. The number of aromatic hydroxyl groups is 1. The zero-order valence-electron chi connectivity index (χ0n) is 11.8. The number of phenolic OH excluding ortho intramolecular Hbond substituents is 1. The maximum atomic E-state index is 11.7. The van der Waals surface area contributed by atoms with Crippen molar-refractivity contribution in [3.05, 3.63) is 35.0 Å². The van der Waals surface area contributed by atoms with Gasteiger partial charge in [0.25, 0.3) is 0 Å². The summed E-state index contributed by atoms with van der Waals surface area (Å²) < 4.78 is 0. The van der Waals surface area contributed by atoms with Gasteiger partial charge in [0.05, 0.1) is 5.52 Å². The molecule has 2 aromatic rings. The van der Waals surface area contributed by atoms with Crippen LogP contribution in [0.3, 0.4) is 0 Å². The Morgan fingerprint density at radius 2 is 2.20 bits per heavy atom.